The van der Waals surface area contributed by atoms with Gasteiger partial charge in [0.1, 0.15) is 17.0 Å². The molecule has 1 aromatic heterocycles. The van der Waals surface area contributed by atoms with E-state index in [0.717, 1.165) is 0 Å². The summed E-state index contributed by atoms with van der Waals surface area (Å²) in [5, 5.41) is 12.6. The molecule has 5 heteroatoms. The average Bonchev–Trinajstić information content (AvgIpc) is 2.47. The van der Waals surface area contributed by atoms with Gasteiger partial charge in [-0.2, -0.15) is 0 Å². The highest BCUT2D eigenvalue weighted by molar-refractivity contribution is 5.90. The third-order valence-electron chi connectivity index (χ3n) is 1.99. The number of hydrogen-bond donors (Lipinski definition) is 1. The van der Waals surface area contributed by atoms with Gasteiger partial charge in [0, 0.05) is 13.0 Å². The van der Waals surface area contributed by atoms with Gasteiger partial charge >= 0.3 is 5.97 Å². The SMILES string of the molecule is COCC(C)c1noc(C)c1C(=O)O. The quantitative estimate of drug-likeness (QED) is 0.794. The molecule has 0 spiro atoms. The normalized spacial score (nSPS) is 12.8. The molecule has 1 atom stereocenters. The molecule has 0 aliphatic rings. The minimum absolute atomic E-state index is 0.0800. The lowest BCUT2D eigenvalue weighted by atomic mass is 10.0. The lowest BCUT2D eigenvalue weighted by Crippen LogP contribution is -2.08. The standard InChI is InChI=1S/C9H13NO4/c1-5(4-13-3)8-7(9(11)12)6(2)14-10-8/h5H,4H2,1-3H3,(H,11,12). The molecule has 1 unspecified atom stereocenters. The predicted molar refractivity (Wildman–Crippen MR) is 48.5 cm³/mol. The molecule has 0 radical (unpaired) electrons. The van der Waals surface area contributed by atoms with Crippen LogP contribution in [0.2, 0.25) is 0 Å². The molecule has 14 heavy (non-hydrogen) atoms. The van der Waals surface area contributed by atoms with Crippen LogP contribution in [0, 0.1) is 6.92 Å². The van der Waals surface area contributed by atoms with Crippen LogP contribution >= 0.6 is 0 Å². The van der Waals surface area contributed by atoms with E-state index in [0.29, 0.717) is 18.1 Å². The number of hydrogen-bond acceptors (Lipinski definition) is 4. The van der Waals surface area contributed by atoms with Crippen LogP contribution in [0.5, 0.6) is 0 Å². The number of carbonyl (C=O) groups is 1. The zero-order valence-electron chi connectivity index (χ0n) is 8.40. The Morgan fingerprint density at radius 2 is 2.36 bits per heavy atom. The molecule has 78 valence electrons. The van der Waals surface area contributed by atoms with Gasteiger partial charge in [-0.15, -0.1) is 0 Å². The number of aryl methyl sites for hydroxylation is 1. The van der Waals surface area contributed by atoms with Crippen molar-refractivity contribution >= 4 is 5.97 Å². The highest BCUT2D eigenvalue weighted by Crippen LogP contribution is 2.21. The van der Waals surface area contributed by atoms with Gasteiger partial charge in [-0.1, -0.05) is 12.1 Å². The van der Waals surface area contributed by atoms with E-state index in [1.165, 1.54) is 0 Å². The van der Waals surface area contributed by atoms with Crippen LogP contribution in [0.3, 0.4) is 0 Å². The summed E-state index contributed by atoms with van der Waals surface area (Å²) in [7, 11) is 1.56. The van der Waals surface area contributed by atoms with E-state index in [1.54, 1.807) is 14.0 Å². The maximum absolute atomic E-state index is 10.9. The van der Waals surface area contributed by atoms with Crippen LogP contribution in [0.4, 0.5) is 0 Å². The molecule has 0 bridgehead atoms. The Morgan fingerprint density at radius 3 is 2.86 bits per heavy atom. The highest BCUT2D eigenvalue weighted by atomic mass is 16.5. The van der Waals surface area contributed by atoms with E-state index < -0.39 is 5.97 Å². The van der Waals surface area contributed by atoms with Gasteiger partial charge in [-0.05, 0) is 6.92 Å². The molecular formula is C9H13NO4. The molecule has 1 rings (SSSR count). The molecule has 5 nitrogen and oxygen atoms in total. The van der Waals surface area contributed by atoms with E-state index in [9.17, 15) is 4.79 Å². The average molecular weight is 199 g/mol. The van der Waals surface area contributed by atoms with E-state index in [4.69, 9.17) is 14.4 Å². The van der Waals surface area contributed by atoms with Crippen LogP contribution in [0.15, 0.2) is 4.52 Å². The molecule has 0 saturated carbocycles. The molecule has 0 amide bonds. The number of aromatic nitrogens is 1. The molecule has 0 aromatic carbocycles. The molecule has 1 heterocycles. The summed E-state index contributed by atoms with van der Waals surface area (Å²) in [5.74, 6) is -0.763. The van der Waals surface area contributed by atoms with Gasteiger partial charge in [0.15, 0.2) is 0 Å². The summed E-state index contributed by atoms with van der Waals surface area (Å²) in [6.07, 6.45) is 0. The smallest absolute Gasteiger partial charge is 0.341 e. The first-order valence-electron chi connectivity index (χ1n) is 4.26. The fourth-order valence-electron chi connectivity index (χ4n) is 1.31. The highest BCUT2D eigenvalue weighted by Gasteiger charge is 2.23. The van der Waals surface area contributed by atoms with Crippen molar-refractivity contribution in [2.24, 2.45) is 0 Å². The number of nitrogens with zero attached hydrogens (tertiary/aromatic N) is 1. The fourth-order valence-corrected chi connectivity index (χ4v) is 1.31. The number of ether oxygens (including phenoxy) is 1. The molecular weight excluding hydrogens is 186 g/mol. The van der Waals surface area contributed by atoms with Crippen molar-refractivity contribution in [2.75, 3.05) is 13.7 Å². The van der Waals surface area contributed by atoms with Crippen molar-refractivity contribution in [3.8, 4) is 0 Å². The van der Waals surface area contributed by atoms with Gasteiger partial charge in [0.25, 0.3) is 0 Å². The Morgan fingerprint density at radius 1 is 1.71 bits per heavy atom. The molecule has 1 N–H and O–H groups in total. The molecule has 0 saturated heterocycles. The van der Waals surface area contributed by atoms with Crippen LogP contribution < -0.4 is 0 Å². The van der Waals surface area contributed by atoms with Crippen LogP contribution in [0.25, 0.3) is 0 Å². The first-order chi connectivity index (χ1) is 6.57. The van der Waals surface area contributed by atoms with Crippen molar-refractivity contribution in [1.82, 2.24) is 5.16 Å². The fraction of sp³-hybridized carbons (Fsp3) is 0.556. The Balaban J connectivity index is 3.02. The summed E-state index contributed by atoms with van der Waals surface area (Å²) in [6.45, 7) is 3.85. The second-order valence-corrected chi connectivity index (χ2v) is 3.16. The van der Waals surface area contributed by atoms with Crippen molar-refractivity contribution < 1.29 is 19.2 Å². The van der Waals surface area contributed by atoms with Crippen LogP contribution in [-0.2, 0) is 4.74 Å². The molecule has 1 aromatic rings. The summed E-state index contributed by atoms with van der Waals surface area (Å²) in [5.41, 5.74) is 0.589. The largest absolute Gasteiger partial charge is 0.477 e. The lowest BCUT2D eigenvalue weighted by Gasteiger charge is -2.06. The second-order valence-electron chi connectivity index (χ2n) is 3.16. The van der Waals surface area contributed by atoms with Crippen LogP contribution in [0.1, 0.15) is 34.7 Å². The number of carboxylic acid groups (broad SMARTS) is 1. The van der Waals surface area contributed by atoms with E-state index in [1.807, 2.05) is 6.92 Å². The van der Waals surface area contributed by atoms with Crippen molar-refractivity contribution in [1.29, 1.82) is 0 Å². The predicted octanol–water partition coefficient (Wildman–Crippen LogP) is 1.43. The van der Waals surface area contributed by atoms with Crippen molar-refractivity contribution in [3.63, 3.8) is 0 Å². The Kier molecular flexibility index (Phi) is 3.24. The van der Waals surface area contributed by atoms with E-state index in [2.05, 4.69) is 5.16 Å². The number of carboxylic acids is 1. The zero-order valence-corrected chi connectivity index (χ0v) is 8.40. The Bertz CT molecular complexity index is 332. The molecule has 0 aliphatic carbocycles. The van der Waals surface area contributed by atoms with E-state index in [-0.39, 0.29) is 11.5 Å². The van der Waals surface area contributed by atoms with Gasteiger partial charge < -0.3 is 14.4 Å². The first kappa shape index (κ1) is 10.7. The molecule has 0 aliphatic heterocycles. The number of rotatable bonds is 4. The summed E-state index contributed by atoms with van der Waals surface area (Å²) >= 11 is 0. The zero-order chi connectivity index (χ0) is 10.7. The Hall–Kier alpha value is -1.36. The topological polar surface area (TPSA) is 72.6 Å². The van der Waals surface area contributed by atoms with Gasteiger partial charge in [-0.3, -0.25) is 0 Å². The minimum Gasteiger partial charge on any atom is -0.477 e. The maximum atomic E-state index is 10.9. The molecule has 0 fully saturated rings. The Labute approximate surface area is 81.7 Å². The third kappa shape index (κ3) is 1.93. The second kappa shape index (κ2) is 4.23. The summed E-state index contributed by atoms with van der Waals surface area (Å²) in [6, 6.07) is 0. The number of methoxy groups -OCH3 is 1. The van der Waals surface area contributed by atoms with Crippen molar-refractivity contribution in [3.05, 3.63) is 17.0 Å². The van der Waals surface area contributed by atoms with Gasteiger partial charge in [0.2, 0.25) is 0 Å². The third-order valence-corrected chi connectivity index (χ3v) is 1.99. The first-order valence-corrected chi connectivity index (χ1v) is 4.26. The lowest BCUT2D eigenvalue weighted by molar-refractivity contribution is 0.0692. The minimum atomic E-state index is -1.01. The monoisotopic (exact) mass is 199 g/mol. The van der Waals surface area contributed by atoms with Gasteiger partial charge in [0.05, 0.1) is 6.61 Å². The van der Waals surface area contributed by atoms with Crippen molar-refractivity contribution in [2.45, 2.75) is 19.8 Å². The van der Waals surface area contributed by atoms with Gasteiger partial charge in [-0.25, -0.2) is 4.79 Å². The maximum Gasteiger partial charge on any atom is 0.341 e. The number of aromatic carboxylic acids is 1. The summed E-state index contributed by atoms with van der Waals surface area (Å²) in [4.78, 5) is 10.9. The van der Waals surface area contributed by atoms with E-state index >= 15 is 0 Å². The summed E-state index contributed by atoms with van der Waals surface area (Å²) < 4.78 is 9.77. The van der Waals surface area contributed by atoms with Crippen LogP contribution in [-0.4, -0.2) is 29.9 Å².